The van der Waals surface area contributed by atoms with Gasteiger partial charge in [0.2, 0.25) is 0 Å². The van der Waals surface area contributed by atoms with E-state index in [0.717, 1.165) is 24.0 Å². The largest absolute Gasteiger partial charge is 0.445 e. The van der Waals surface area contributed by atoms with Gasteiger partial charge in [-0.2, -0.15) is 5.26 Å². The first-order chi connectivity index (χ1) is 15.6. The molecule has 5 rings (SSSR count). The number of nitrogens with zero attached hydrogens (tertiary/aromatic N) is 2. The van der Waals surface area contributed by atoms with E-state index in [1.165, 1.54) is 0 Å². The van der Waals surface area contributed by atoms with Crippen LogP contribution in [0.3, 0.4) is 0 Å². The van der Waals surface area contributed by atoms with Gasteiger partial charge >= 0.3 is 6.09 Å². The van der Waals surface area contributed by atoms with E-state index >= 15 is 0 Å². The number of piperidine rings is 1. The minimum Gasteiger partial charge on any atom is -0.445 e. The Kier molecular flexibility index (Phi) is 5.44. The number of nitriles is 1. The molecule has 0 aromatic heterocycles. The highest BCUT2D eigenvalue weighted by Crippen LogP contribution is 2.47. The Morgan fingerprint density at radius 1 is 1.06 bits per heavy atom. The number of rotatable bonds is 5. The van der Waals surface area contributed by atoms with Crippen LogP contribution >= 0.6 is 0 Å². The first-order valence-corrected chi connectivity index (χ1v) is 11.2. The Bertz CT molecular complexity index is 1040. The Balaban J connectivity index is 1.27. The standard InChI is InChI=1S/C26H26N2O4/c27-17-26(9-10-26)21-8-4-7-19(11-21)24(29)20-12-22-15-31-16-23(13-20)28(22)25(30)32-14-18-5-2-1-3-6-18/h1-8,11,20,22-23H,9-10,12-16H2. The second-order valence-corrected chi connectivity index (χ2v) is 9.10. The van der Waals surface area contributed by atoms with Crippen molar-refractivity contribution in [2.24, 2.45) is 5.92 Å². The highest BCUT2D eigenvalue weighted by atomic mass is 16.6. The molecule has 1 saturated carbocycles. The van der Waals surface area contributed by atoms with Gasteiger partial charge in [0.05, 0.1) is 36.8 Å². The Hall–Kier alpha value is -3.17. The number of fused-ring (bicyclic) bond motifs is 2. The van der Waals surface area contributed by atoms with Crippen molar-refractivity contribution in [2.45, 2.75) is 49.8 Å². The Morgan fingerprint density at radius 2 is 1.78 bits per heavy atom. The van der Waals surface area contributed by atoms with E-state index in [0.29, 0.717) is 31.6 Å². The van der Waals surface area contributed by atoms with Gasteiger partial charge < -0.3 is 9.47 Å². The average molecular weight is 431 g/mol. The number of morpholine rings is 1. The normalized spacial score (nSPS) is 25.5. The average Bonchev–Trinajstić information content (AvgIpc) is 3.63. The summed E-state index contributed by atoms with van der Waals surface area (Å²) in [5, 5.41) is 9.50. The lowest BCUT2D eigenvalue weighted by molar-refractivity contribution is -0.0755. The van der Waals surface area contributed by atoms with Gasteiger partial charge in [-0.3, -0.25) is 9.69 Å². The minimum absolute atomic E-state index is 0.0924. The molecule has 164 valence electrons. The number of Topliss-reactive ketones (excluding diaryl/α,β-unsaturated/α-hetero) is 1. The molecule has 6 nitrogen and oxygen atoms in total. The summed E-state index contributed by atoms with van der Waals surface area (Å²) in [6, 6.07) is 19.2. The molecule has 2 unspecified atom stereocenters. The van der Waals surface area contributed by atoms with Crippen LogP contribution in [0.15, 0.2) is 54.6 Å². The van der Waals surface area contributed by atoms with Crippen LogP contribution in [0.1, 0.15) is 47.2 Å². The molecule has 2 heterocycles. The third kappa shape index (κ3) is 3.89. The molecule has 2 atom stereocenters. The zero-order chi connectivity index (χ0) is 22.1. The molecular weight excluding hydrogens is 404 g/mol. The number of amides is 1. The lowest BCUT2D eigenvalue weighted by atomic mass is 9.80. The molecule has 3 aliphatic rings. The minimum atomic E-state index is -0.410. The maximum Gasteiger partial charge on any atom is 0.410 e. The van der Waals surface area contributed by atoms with E-state index in [9.17, 15) is 14.9 Å². The number of ketones is 1. The van der Waals surface area contributed by atoms with Crippen LogP contribution < -0.4 is 0 Å². The van der Waals surface area contributed by atoms with Crippen molar-refractivity contribution < 1.29 is 19.1 Å². The monoisotopic (exact) mass is 430 g/mol. The van der Waals surface area contributed by atoms with E-state index in [1.54, 1.807) is 4.90 Å². The number of benzene rings is 2. The van der Waals surface area contributed by atoms with E-state index in [2.05, 4.69) is 6.07 Å². The van der Waals surface area contributed by atoms with E-state index in [4.69, 9.17) is 9.47 Å². The van der Waals surface area contributed by atoms with E-state index < -0.39 is 5.41 Å². The van der Waals surface area contributed by atoms with Crippen molar-refractivity contribution in [1.29, 1.82) is 5.26 Å². The van der Waals surface area contributed by atoms with Crippen LogP contribution in [-0.2, 0) is 21.5 Å². The maximum absolute atomic E-state index is 13.3. The van der Waals surface area contributed by atoms with Crippen LogP contribution in [-0.4, -0.2) is 42.1 Å². The van der Waals surface area contributed by atoms with E-state index in [1.807, 2.05) is 54.6 Å². The van der Waals surface area contributed by atoms with Gasteiger partial charge in [0.25, 0.3) is 0 Å². The number of carbonyl (C=O) groups excluding carboxylic acids is 2. The van der Waals surface area contributed by atoms with Gasteiger partial charge in [0, 0.05) is 11.5 Å². The van der Waals surface area contributed by atoms with Crippen molar-refractivity contribution >= 4 is 11.9 Å². The van der Waals surface area contributed by atoms with Gasteiger partial charge in [-0.15, -0.1) is 0 Å². The van der Waals surface area contributed by atoms with Crippen molar-refractivity contribution in [1.82, 2.24) is 4.90 Å². The predicted octanol–water partition coefficient (Wildman–Crippen LogP) is 4.24. The maximum atomic E-state index is 13.3. The number of carbonyl (C=O) groups is 2. The fourth-order valence-corrected chi connectivity index (χ4v) is 5.02. The number of hydrogen-bond donors (Lipinski definition) is 0. The van der Waals surface area contributed by atoms with Crippen LogP contribution in [0.4, 0.5) is 4.79 Å². The molecule has 3 fully saturated rings. The summed E-state index contributed by atoms with van der Waals surface area (Å²) in [6.45, 7) is 1.06. The van der Waals surface area contributed by atoms with Crippen molar-refractivity contribution in [2.75, 3.05) is 13.2 Å². The third-order valence-corrected chi connectivity index (χ3v) is 6.97. The molecular formula is C26H26N2O4. The van der Waals surface area contributed by atoms with Crippen LogP contribution in [0.2, 0.25) is 0 Å². The summed E-state index contributed by atoms with van der Waals surface area (Å²) >= 11 is 0. The van der Waals surface area contributed by atoms with Gasteiger partial charge in [-0.1, -0.05) is 48.5 Å². The van der Waals surface area contributed by atoms with Crippen molar-refractivity contribution in [3.63, 3.8) is 0 Å². The van der Waals surface area contributed by atoms with Gasteiger partial charge in [0.15, 0.2) is 5.78 Å². The molecule has 32 heavy (non-hydrogen) atoms. The van der Waals surface area contributed by atoms with Gasteiger partial charge in [-0.05, 0) is 42.9 Å². The third-order valence-electron chi connectivity index (χ3n) is 6.97. The summed E-state index contributed by atoms with van der Waals surface area (Å²) in [5.41, 5.74) is 2.13. The van der Waals surface area contributed by atoms with Gasteiger partial charge in [-0.25, -0.2) is 4.79 Å². The molecule has 2 bridgehead atoms. The highest BCUT2D eigenvalue weighted by Gasteiger charge is 2.46. The smallest absolute Gasteiger partial charge is 0.410 e. The summed E-state index contributed by atoms with van der Waals surface area (Å²) in [4.78, 5) is 28.0. The van der Waals surface area contributed by atoms with E-state index in [-0.39, 0.29) is 36.5 Å². The SMILES string of the molecule is N#CC1(c2cccc(C(=O)C3CC4COCC(C3)N4C(=O)OCc3ccccc3)c2)CC1. The van der Waals surface area contributed by atoms with Gasteiger partial charge in [0.1, 0.15) is 6.61 Å². The van der Waals surface area contributed by atoms with Crippen LogP contribution in [0.25, 0.3) is 0 Å². The first kappa shape index (κ1) is 20.7. The molecule has 0 spiro atoms. The lowest BCUT2D eigenvalue weighted by Crippen LogP contribution is -2.59. The summed E-state index contributed by atoms with van der Waals surface area (Å²) in [7, 11) is 0. The lowest BCUT2D eigenvalue weighted by Gasteiger charge is -2.47. The molecule has 0 radical (unpaired) electrons. The summed E-state index contributed by atoms with van der Waals surface area (Å²) in [6.07, 6.45) is 2.48. The van der Waals surface area contributed by atoms with Crippen LogP contribution in [0.5, 0.6) is 0 Å². The second-order valence-electron chi connectivity index (χ2n) is 9.10. The summed E-state index contributed by atoms with van der Waals surface area (Å²) < 4.78 is 11.3. The quantitative estimate of drug-likeness (QED) is 0.663. The highest BCUT2D eigenvalue weighted by molar-refractivity contribution is 5.98. The second kappa shape index (κ2) is 8.40. The fraction of sp³-hybridized carbons (Fsp3) is 0.423. The van der Waals surface area contributed by atoms with Crippen LogP contribution in [0, 0.1) is 17.2 Å². The molecule has 6 heteroatoms. The van der Waals surface area contributed by atoms with Crippen molar-refractivity contribution in [3.05, 3.63) is 71.3 Å². The zero-order valence-electron chi connectivity index (χ0n) is 17.9. The molecule has 2 saturated heterocycles. The molecule has 1 amide bonds. The molecule has 2 aromatic rings. The number of ether oxygens (including phenoxy) is 2. The summed E-state index contributed by atoms with van der Waals surface area (Å²) in [5.74, 6) is -0.0747. The molecule has 2 aromatic carbocycles. The predicted molar refractivity (Wildman–Crippen MR) is 117 cm³/mol. The fourth-order valence-electron chi connectivity index (χ4n) is 5.02. The molecule has 2 aliphatic heterocycles. The first-order valence-electron chi connectivity index (χ1n) is 11.2. The molecule has 1 aliphatic carbocycles. The van der Waals surface area contributed by atoms with Crippen molar-refractivity contribution in [3.8, 4) is 6.07 Å². The topological polar surface area (TPSA) is 79.6 Å². The zero-order valence-corrected chi connectivity index (χ0v) is 17.9. The Morgan fingerprint density at radius 3 is 2.44 bits per heavy atom. The number of hydrogen-bond acceptors (Lipinski definition) is 5. The Labute approximate surface area is 187 Å². The molecule has 0 N–H and O–H groups in total.